The highest BCUT2D eigenvalue weighted by molar-refractivity contribution is 6.32. The molecule has 0 aliphatic carbocycles. The molecule has 0 bridgehead atoms. The van der Waals surface area contributed by atoms with Crippen molar-refractivity contribution in [2.75, 3.05) is 16.4 Å². The lowest BCUT2D eigenvalue weighted by atomic mass is 9.91. The average molecular weight is 503 g/mol. The molecule has 0 aliphatic heterocycles. The molecule has 0 fully saturated rings. The van der Waals surface area contributed by atoms with Crippen molar-refractivity contribution in [2.45, 2.75) is 26.7 Å². The molecular formula is C27H24Cl2N6. The fourth-order valence-corrected chi connectivity index (χ4v) is 4.17. The summed E-state index contributed by atoms with van der Waals surface area (Å²) in [6, 6.07) is 19.2. The summed E-state index contributed by atoms with van der Waals surface area (Å²) >= 11 is 12.6. The van der Waals surface area contributed by atoms with E-state index in [9.17, 15) is 5.26 Å². The molecule has 4 N–H and O–H groups in total. The molecule has 4 rings (SSSR count). The Bertz CT molecular complexity index is 1430. The largest absolute Gasteiger partial charge is 0.393 e. The van der Waals surface area contributed by atoms with Crippen molar-refractivity contribution in [1.82, 2.24) is 9.97 Å². The van der Waals surface area contributed by atoms with Crippen molar-refractivity contribution in [3.63, 3.8) is 0 Å². The van der Waals surface area contributed by atoms with Gasteiger partial charge in [0.05, 0.1) is 12.0 Å². The lowest BCUT2D eigenvalue weighted by Crippen LogP contribution is -2.07. The van der Waals surface area contributed by atoms with E-state index >= 15 is 0 Å². The first-order valence-corrected chi connectivity index (χ1v) is 11.7. The van der Waals surface area contributed by atoms with Crippen LogP contribution < -0.4 is 16.4 Å². The zero-order valence-electron chi connectivity index (χ0n) is 19.5. The van der Waals surface area contributed by atoms with Crippen molar-refractivity contribution in [3.05, 3.63) is 98.8 Å². The lowest BCUT2D eigenvalue weighted by molar-refractivity contribution is 1.03. The maximum Gasteiger partial charge on any atom is 0.159 e. The summed E-state index contributed by atoms with van der Waals surface area (Å²) in [6.45, 7) is 6.03. The molecular weight excluding hydrogens is 479 g/mol. The Labute approximate surface area is 214 Å². The van der Waals surface area contributed by atoms with E-state index in [1.165, 1.54) is 11.9 Å². The van der Waals surface area contributed by atoms with E-state index in [2.05, 4.69) is 39.7 Å². The first kappa shape index (κ1) is 24.3. The second-order valence-electron chi connectivity index (χ2n) is 8.28. The van der Waals surface area contributed by atoms with Gasteiger partial charge in [0.15, 0.2) is 11.6 Å². The molecule has 0 spiro atoms. The summed E-state index contributed by atoms with van der Waals surface area (Å²) in [4.78, 5) is 8.64. The van der Waals surface area contributed by atoms with Crippen LogP contribution in [0.25, 0.3) is 0 Å². The number of aromatic nitrogens is 2. The monoisotopic (exact) mass is 502 g/mol. The van der Waals surface area contributed by atoms with Crippen molar-refractivity contribution in [1.29, 1.82) is 5.26 Å². The second-order valence-corrected chi connectivity index (χ2v) is 9.13. The highest BCUT2D eigenvalue weighted by atomic mass is 35.5. The molecule has 6 nitrogen and oxygen atoms in total. The Kier molecular flexibility index (Phi) is 7.11. The van der Waals surface area contributed by atoms with Crippen molar-refractivity contribution in [3.8, 4) is 6.07 Å². The van der Waals surface area contributed by atoms with Gasteiger partial charge >= 0.3 is 0 Å². The molecule has 0 saturated carbocycles. The van der Waals surface area contributed by atoms with Gasteiger partial charge in [-0.2, -0.15) is 5.26 Å². The number of nitrogens with zero attached hydrogens (tertiary/aromatic N) is 3. The third-order valence-electron chi connectivity index (χ3n) is 5.98. The third-order valence-corrected chi connectivity index (χ3v) is 6.56. The van der Waals surface area contributed by atoms with Gasteiger partial charge in [-0.05, 0) is 72.9 Å². The number of nitrogen functional groups attached to an aromatic ring is 1. The SMILES string of the molecule is Cc1cc(C(C#N)c2ccc(Cl)cc2)c(Cl)cc1Nc1ncnc(Nc2cccc(C)c2C)c1N. The van der Waals surface area contributed by atoms with Gasteiger partial charge in [0.2, 0.25) is 0 Å². The van der Waals surface area contributed by atoms with Crippen LogP contribution in [0.2, 0.25) is 10.0 Å². The van der Waals surface area contributed by atoms with E-state index in [1.807, 2.05) is 44.2 Å². The third kappa shape index (κ3) is 5.17. The topological polar surface area (TPSA) is 99.6 Å². The average Bonchev–Trinajstić information content (AvgIpc) is 2.84. The highest BCUT2D eigenvalue weighted by Crippen LogP contribution is 2.36. The summed E-state index contributed by atoms with van der Waals surface area (Å²) < 4.78 is 0. The number of halogens is 2. The predicted octanol–water partition coefficient (Wildman–Crippen LogP) is 7.43. The number of nitrogens with one attached hydrogen (secondary N) is 2. The number of hydrogen-bond donors (Lipinski definition) is 3. The van der Waals surface area contributed by atoms with Crippen LogP contribution in [0.4, 0.5) is 28.7 Å². The minimum absolute atomic E-state index is 0.379. The zero-order valence-corrected chi connectivity index (χ0v) is 21.0. The van der Waals surface area contributed by atoms with E-state index in [0.717, 1.165) is 28.1 Å². The van der Waals surface area contributed by atoms with Crippen LogP contribution >= 0.6 is 23.2 Å². The van der Waals surface area contributed by atoms with Gasteiger partial charge in [0.25, 0.3) is 0 Å². The Hall–Kier alpha value is -3.79. The molecule has 1 atom stereocenters. The van der Waals surface area contributed by atoms with E-state index in [4.69, 9.17) is 28.9 Å². The number of rotatable bonds is 6. The number of nitriles is 1. The first-order valence-electron chi connectivity index (χ1n) is 10.9. The lowest BCUT2D eigenvalue weighted by Gasteiger charge is -2.18. The maximum absolute atomic E-state index is 9.85. The van der Waals surface area contributed by atoms with Crippen molar-refractivity contribution < 1.29 is 0 Å². The van der Waals surface area contributed by atoms with Crippen LogP contribution in [0.15, 0.2) is 60.9 Å². The van der Waals surface area contributed by atoms with Gasteiger partial charge in [-0.25, -0.2) is 9.97 Å². The van der Waals surface area contributed by atoms with E-state index in [1.54, 1.807) is 18.2 Å². The highest BCUT2D eigenvalue weighted by Gasteiger charge is 2.19. The van der Waals surface area contributed by atoms with Crippen LogP contribution in [0.3, 0.4) is 0 Å². The van der Waals surface area contributed by atoms with E-state index < -0.39 is 5.92 Å². The molecule has 176 valence electrons. The van der Waals surface area contributed by atoms with Crippen LogP contribution in [0, 0.1) is 32.1 Å². The van der Waals surface area contributed by atoms with Crippen molar-refractivity contribution in [2.24, 2.45) is 0 Å². The van der Waals surface area contributed by atoms with Gasteiger partial charge in [-0.1, -0.05) is 53.5 Å². The minimum Gasteiger partial charge on any atom is -0.393 e. The van der Waals surface area contributed by atoms with Crippen molar-refractivity contribution >= 4 is 51.9 Å². The summed E-state index contributed by atoms with van der Waals surface area (Å²) in [5.41, 5.74) is 13.2. The molecule has 0 aliphatic rings. The second kappa shape index (κ2) is 10.2. The molecule has 35 heavy (non-hydrogen) atoms. The van der Waals surface area contributed by atoms with Crippen LogP contribution in [-0.4, -0.2) is 9.97 Å². The summed E-state index contributed by atoms with van der Waals surface area (Å²) in [7, 11) is 0. The number of hydrogen-bond acceptors (Lipinski definition) is 6. The summed E-state index contributed by atoms with van der Waals surface area (Å²) in [5.74, 6) is 0.433. The molecule has 8 heteroatoms. The Morgan fingerprint density at radius 2 is 1.54 bits per heavy atom. The van der Waals surface area contributed by atoms with Gasteiger partial charge in [0.1, 0.15) is 12.0 Å². The zero-order chi connectivity index (χ0) is 25.1. The quantitative estimate of drug-likeness (QED) is 0.253. The van der Waals surface area contributed by atoms with Crippen LogP contribution in [-0.2, 0) is 0 Å². The number of anilines is 5. The van der Waals surface area contributed by atoms with Gasteiger partial charge < -0.3 is 16.4 Å². The Morgan fingerprint density at radius 1 is 0.886 bits per heavy atom. The van der Waals surface area contributed by atoms with Gasteiger partial charge in [-0.15, -0.1) is 0 Å². The van der Waals surface area contributed by atoms with Gasteiger partial charge in [-0.3, -0.25) is 0 Å². The van der Waals surface area contributed by atoms with E-state index in [-0.39, 0.29) is 0 Å². The standard InChI is InChI=1S/C27H24Cl2N6/c1-15-5-4-6-23(17(15)3)34-26-25(31)27(33-14-32-26)35-24-12-22(29)20(11-16(24)2)21(13-30)18-7-9-19(28)10-8-18/h4-12,14,21H,31H2,1-3H3,(H2,32,33,34,35). The fourth-order valence-electron chi connectivity index (χ4n) is 3.78. The molecule has 0 radical (unpaired) electrons. The first-order chi connectivity index (χ1) is 16.8. The number of nitrogens with two attached hydrogens (primary N) is 1. The van der Waals surface area contributed by atoms with Crippen LogP contribution in [0.5, 0.6) is 0 Å². The van der Waals surface area contributed by atoms with Crippen LogP contribution in [0.1, 0.15) is 33.7 Å². The van der Waals surface area contributed by atoms with E-state index in [0.29, 0.717) is 32.9 Å². The summed E-state index contributed by atoms with van der Waals surface area (Å²) in [5, 5.41) is 17.5. The summed E-state index contributed by atoms with van der Waals surface area (Å²) in [6.07, 6.45) is 1.45. The molecule has 0 saturated heterocycles. The smallest absolute Gasteiger partial charge is 0.159 e. The molecule has 1 unspecified atom stereocenters. The predicted molar refractivity (Wildman–Crippen MR) is 144 cm³/mol. The molecule has 4 aromatic rings. The molecule has 1 aromatic heterocycles. The van der Waals surface area contributed by atoms with Gasteiger partial charge in [0, 0.05) is 21.4 Å². The Morgan fingerprint density at radius 3 is 2.20 bits per heavy atom. The minimum atomic E-state index is -0.523. The Balaban J connectivity index is 1.63. The normalized spacial score (nSPS) is 11.5. The number of benzene rings is 3. The maximum atomic E-state index is 9.85. The number of aryl methyl sites for hydroxylation is 2. The molecule has 3 aromatic carbocycles. The fraction of sp³-hybridized carbons (Fsp3) is 0.148. The molecule has 0 amide bonds. The molecule has 1 heterocycles.